The van der Waals surface area contributed by atoms with E-state index in [0.29, 0.717) is 17.1 Å². The maximum absolute atomic E-state index is 12.2. The van der Waals surface area contributed by atoms with E-state index in [1.165, 1.54) is 4.90 Å². The molecule has 4 aromatic rings. The third kappa shape index (κ3) is 3.29. The fourth-order valence-corrected chi connectivity index (χ4v) is 3.55. The van der Waals surface area contributed by atoms with E-state index < -0.39 is 6.03 Å². The molecule has 0 aliphatic carbocycles. The number of nitrogen functional groups attached to an aromatic ring is 1. The average molecular weight is 386 g/mol. The van der Waals surface area contributed by atoms with E-state index in [2.05, 4.69) is 12.1 Å². The molecule has 0 aliphatic heterocycles. The number of anilines is 3. The first-order valence-electron chi connectivity index (χ1n) is 9.43. The molecule has 0 atom stereocenters. The van der Waals surface area contributed by atoms with Gasteiger partial charge in [0.25, 0.3) is 0 Å². The first-order valence-corrected chi connectivity index (χ1v) is 9.43. The van der Waals surface area contributed by atoms with Gasteiger partial charge in [-0.25, -0.2) is 4.79 Å². The van der Waals surface area contributed by atoms with Crippen LogP contribution in [0, 0.1) is 6.92 Å². The van der Waals surface area contributed by atoms with E-state index >= 15 is 0 Å². The van der Waals surface area contributed by atoms with Crippen molar-refractivity contribution in [1.29, 1.82) is 0 Å². The summed E-state index contributed by atoms with van der Waals surface area (Å²) in [5, 5.41) is 4.69. The molecule has 0 fully saturated rings. The van der Waals surface area contributed by atoms with E-state index in [1.807, 2.05) is 67.6 Å². The first-order chi connectivity index (χ1) is 14.0. The topological polar surface area (TPSA) is 98.4 Å². The number of hydrogen-bond donors (Lipinski definition) is 2. The molecule has 4 N–H and O–H groups in total. The van der Waals surface area contributed by atoms with Crippen LogP contribution in [0.2, 0.25) is 0 Å². The van der Waals surface area contributed by atoms with E-state index in [9.17, 15) is 4.79 Å². The average Bonchev–Trinajstić information content (AvgIpc) is 3.12. The zero-order valence-corrected chi connectivity index (χ0v) is 16.3. The molecule has 0 spiro atoms. The number of aryl methyl sites for hydroxylation is 2. The molecule has 4 rings (SSSR count). The van der Waals surface area contributed by atoms with Crippen molar-refractivity contribution in [2.75, 3.05) is 10.6 Å². The summed E-state index contributed by atoms with van der Waals surface area (Å²) in [6.07, 6.45) is 0.878. The number of aromatic nitrogens is 1. The minimum Gasteiger partial charge on any atom is -0.380 e. The molecule has 6 heteroatoms. The lowest BCUT2D eigenvalue weighted by molar-refractivity contribution is 0.256. The summed E-state index contributed by atoms with van der Waals surface area (Å²) in [7, 11) is 0. The van der Waals surface area contributed by atoms with Crippen molar-refractivity contribution in [1.82, 2.24) is 5.16 Å². The number of hydrogen-bond acceptors (Lipinski definition) is 4. The molecule has 3 aromatic carbocycles. The number of carbonyl (C=O) groups excluding carboxylic acids is 1. The quantitative estimate of drug-likeness (QED) is 0.506. The fourth-order valence-electron chi connectivity index (χ4n) is 3.55. The predicted octanol–water partition coefficient (Wildman–Crippen LogP) is 5.16. The summed E-state index contributed by atoms with van der Waals surface area (Å²) in [4.78, 5) is 13.7. The highest BCUT2D eigenvalue weighted by atomic mass is 16.5. The number of benzene rings is 3. The van der Waals surface area contributed by atoms with Gasteiger partial charge in [0, 0.05) is 0 Å². The number of nitrogens with two attached hydrogens (primary N) is 2. The molecular formula is C23H22N4O2. The minimum absolute atomic E-state index is 0.359. The van der Waals surface area contributed by atoms with Crippen LogP contribution in [0.1, 0.15) is 18.1 Å². The lowest BCUT2D eigenvalue weighted by atomic mass is 9.99. The summed E-state index contributed by atoms with van der Waals surface area (Å²) < 4.78 is 5.37. The summed E-state index contributed by atoms with van der Waals surface area (Å²) in [5.74, 6) is 0.359. The molecule has 0 radical (unpaired) electrons. The molecule has 0 unspecified atom stereocenters. The van der Waals surface area contributed by atoms with Crippen LogP contribution in [0.25, 0.3) is 22.1 Å². The van der Waals surface area contributed by atoms with Crippen LogP contribution in [0.3, 0.4) is 0 Å². The van der Waals surface area contributed by atoms with Gasteiger partial charge in [0.1, 0.15) is 0 Å². The molecule has 29 heavy (non-hydrogen) atoms. The number of primary amides is 1. The van der Waals surface area contributed by atoms with Crippen molar-refractivity contribution in [2.45, 2.75) is 20.3 Å². The van der Waals surface area contributed by atoms with Crippen molar-refractivity contribution in [3.05, 3.63) is 71.8 Å². The zero-order valence-electron chi connectivity index (χ0n) is 16.3. The van der Waals surface area contributed by atoms with Crippen LogP contribution < -0.4 is 16.4 Å². The van der Waals surface area contributed by atoms with Gasteiger partial charge in [-0.1, -0.05) is 48.5 Å². The minimum atomic E-state index is -0.535. The summed E-state index contributed by atoms with van der Waals surface area (Å²) in [6.45, 7) is 4.02. The van der Waals surface area contributed by atoms with Gasteiger partial charge in [0.05, 0.1) is 16.8 Å². The Hall–Kier alpha value is -3.80. The van der Waals surface area contributed by atoms with Crippen molar-refractivity contribution in [2.24, 2.45) is 5.73 Å². The van der Waals surface area contributed by atoms with Crippen molar-refractivity contribution in [3.63, 3.8) is 0 Å². The van der Waals surface area contributed by atoms with E-state index in [-0.39, 0.29) is 0 Å². The number of rotatable bonds is 4. The van der Waals surface area contributed by atoms with Gasteiger partial charge < -0.3 is 16.0 Å². The van der Waals surface area contributed by atoms with Crippen LogP contribution in [0.5, 0.6) is 0 Å². The molecule has 2 amide bonds. The molecule has 146 valence electrons. The molecule has 6 nitrogen and oxygen atoms in total. The van der Waals surface area contributed by atoms with Crippen LogP contribution in [-0.2, 0) is 6.42 Å². The van der Waals surface area contributed by atoms with Crippen LogP contribution in [0.15, 0.2) is 65.2 Å². The maximum Gasteiger partial charge on any atom is 0.323 e. The van der Waals surface area contributed by atoms with Crippen LogP contribution >= 0.6 is 0 Å². The van der Waals surface area contributed by atoms with Crippen molar-refractivity contribution >= 4 is 34.2 Å². The lowest BCUT2D eigenvalue weighted by Crippen LogP contribution is -2.31. The first kappa shape index (κ1) is 18.6. The highest BCUT2D eigenvalue weighted by Crippen LogP contribution is 2.36. The third-order valence-corrected chi connectivity index (χ3v) is 5.08. The highest BCUT2D eigenvalue weighted by Gasteiger charge is 2.17. The van der Waals surface area contributed by atoms with Gasteiger partial charge in [-0.3, -0.25) is 4.90 Å². The van der Waals surface area contributed by atoms with Crippen molar-refractivity contribution < 1.29 is 9.32 Å². The van der Waals surface area contributed by atoms with E-state index in [1.54, 1.807) is 0 Å². The highest BCUT2D eigenvalue weighted by molar-refractivity contribution is 6.02. The fraction of sp³-hybridized carbons (Fsp3) is 0.130. The molecule has 0 bridgehead atoms. The Labute approximate surface area is 168 Å². The third-order valence-electron chi connectivity index (χ3n) is 5.08. The Bertz CT molecular complexity index is 1200. The second-order valence-corrected chi connectivity index (χ2v) is 6.95. The molecule has 1 heterocycles. The van der Waals surface area contributed by atoms with Gasteiger partial charge >= 0.3 is 6.03 Å². The standard InChI is InChI=1S/C23H22N4O2/c1-3-15-5-4-6-18(13-15)27(23(25)28)17-10-8-16(9-11-17)19-12-7-14(2)21-20(19)22(24)26-29-21/h4-13H,3H2,1-2H3,(H2,24,26)(H2,25,28). The monoisotopic (exact) mass is 386 g/mol. The number of fused-ring (bicyclic) bond motifs is 1. The number of carbonyl (C=O) groups is 1. The van der Waals surface area contributed by atoms with Gasteiger partial charge in [-0.2, -0.15) is 0 Å². The second kappa shape index (κ2) is 7.31. The van der Waals surface area contributed by atoms with Gasteiger partial charge in [0.2, 0.25) is 0 Å². The molecule has 0 saturated heterocycles. The second-order valence-electron chi connectivity index (χ2n) is 6.95. The van der Waals surface area contributed by atoms with Gasteiger partial charge in [-0.05, 0) is 59.9 Å². The van der Waals surface area contributed by atoms with Crippen molar-refractivity contribution in [3.8, 4) is 11.1 Å². The molecule has 0 aliphatic rings. The summed E-state index contributed by atoms with van der Waals surface area (Å²) in [6, 6.07) is 18.8. The van der Waals surface area contributed by atoms with E-state index in [0.717, 1.165) is 39.7 Å². The number of urea groups is 1. The Morgan fingerprint density at radius 3 is 2.52 bits per heavy atom. The number of amides is 2. The van der Waals surface area contributed by atoms with E-state index in [4.69, 9.17) is 16.0 Å². The molecular weight excluding hydrogens is 364 g/mol. The Balaban J connectivity index is 1.76. The SMILES string of the molecule is CCc1cccc(N(C(N)=O)c2ccc(-c3ccc(C)c4onc(N)c34)cc2)c1. The molecule has 0 saturated carbocycles. The normalized spacial score (nSPS) is 11.0. The Morgan fingerprint density at radius 1 is 1.07 bits per heavy atom. The smallest absolute Gasteiger partial charge is 0.323 e. The van der Waals surface area contributed by atoms with Gasteiger partial charge in [-0.15, -0.1) is 0 Å². The lowest BCUT2D eigenvalue weighted by Gasteiger charge is -2.21. The van der Waals surface area contributed by atoms with Gasteiger partial charge in [0.15, 0.2) is 11.4 Å². The Morgan fingerprint density at radius 2 is 1.83 bits per heavy atom. The summed E-state index contributed by atoms with van der Waals surface area (Å²) >= 11 is 0. The maximum atomic E-state index is 12.2. The summed E-state index contributed by atoms with van der Waals surface area (Å²) in [5.41, 5.74) is 17.8. The predicted molar refractivity (Wildman–Crippen MR) is 116 cm³/mol. The van der Waals surface area contributed by atoms with Crippen LogP contribution in [0.4, 0.5) is 22.0 Å². The number of nitrogens with zero attached hydrogens (tertiary/aromatic N) is 2. The van der Waals surface area contributed by atoms with Crippen LogP contribution in [-0.4, -0.2) is 11.2 Å². The Kier molecular flexibility index (Phi) is 4.68. The zero-order chi connectivity index (χ0) is 20.5. The molecule has 1 aromatic heterocycles. The largest absolute Gasteiger partial charge is 0.380 e.